The van der Waals surface area contributed by atoms with E-state index in [1.54, 1.807) is 11.8 Å². The number of benzene rings is 1. The summed E-state index contributed by atoms with van der Waals surface area (Å²) < 4.78 is 0. The molecule has 2 N–H and O–H groups in total. The van der Waals surface area contributed by atoms with Crippen LogP contribution in [0.1, 0.15) is 76.2 Å². The average molecular weight is 513 g/mol. The van der Waals surface area contributed by atoms with Crippen LogP contribution in [0.2, 0.25) is 0 Å². The number of nitrogens with zero attached hydrogens (tertiary/aromatic N) is 2. The van der Waals surface area contributed by atoms with E-state index in [4.69, 9.17) is 0 Å². The van der Waals surface area contributed by atoms with Gasteiger partial charge in [-0.2, -0.15) is 0 Å². The molecule has 2 aliphatic carbocycles. The maximum absolute atomic E-state index is 13.3. The Labute approximate surface area is 219 Å². The lowest BCUT2D eigenvalue weighted by atomic mass is 9.81. The van der Waals surface area contributed by atoms with Crippen LogP contribution in [-0.4, -0.2) is 52.5 Å². The van der Waals surface area contributed by atoms with Crippen molar-refractivity contribution in [3.05, 3.63) is 35.9 Å². The third-order valence-electron chi connectivity index (χ3n) is 7.97. The Morgan fingerprint density at radius 1 is 0.972 bits per heavy atom. The van der Waals surface area contributed by atoms with Crippen molar-refractivity contribution in [3.63, 3.8) is 0 Å². The summed E-state index contributed by atoms with van der Waals surface area (Å²) in [5, 5.41) is 8.02. The van der Waals surface area contributed by atoms with Crippen molar-refractivity contribution < 1.29 is 14.4 Å². The van der Waals surface area contributed by atoms with Crippen molar-refractivity contribution in [2.45, 2.75) is 89.1 Å². The number of thioether (sulfide) groups is 1. The fourth-order valence-corrected chi connectivity index (χ4v) is 6.85. The van der Waals surface area contributed by atoms with Crippen molar-refractivity contribution in [3.8, 4) is 0 Å². The van der Waals surface area contributed by atoms with E-state index in [-0.39, 0.29) is 23.8 Å². The molecule has 0 aromatic heterocycles. The number of nitrogens with one attached hydrogen (secondary N) is 2. The van der Waals surface area contributed by atoms with Crippen LogP contribution in [0.4, 0.5) is 0 Å². The minimum absolute atomic E-state index is 0.0122. The topological polar surface area (TPSA) is 90.9 Å². The number of carbonyl (C=O) groups is 3. The number of amidine groups is 1. The second kappa shape index (κ2) is 13.3. The van der Waals surface area contributed by atoms with Gasteiger partial charge in [0.1, 0.15) is 6.04 Å². The maximum atomic E-state index is 13.3. The minimum Gasteiger partial charge on any atom is -0.349 e. The Bertz CT molecular complexity index is 924. The lowest BCUT2D eigenvalue weighted by Gasteiger charge is -2.30. The number of ketones is 1. The van der Waals surface area contributed by atoms with E-state index in [1.807, 2.05) is 25.2 Å². The van der Waals surface area contributed by atoms with E-state index in [9.17, 15) is 14.4 Å². The van der Waals surface area contributed by atoms with E-state index in [1.165, 1.54) is 5.56 Å². The third kappa shape index (κ3) is 7.11. The van der Waals surface area contributed by atoms with Gasteiger partial charge in [-0.3, -0.25) is 14.4 Å². The first kappa shape index (κ1) is 26.7. The number of carbonyl (C=O) groups excluding carboxylic acids is 3. The smallest absolute Gasteiger partial charge is 0.309 e. The van der Waals surface area contributed by atoms with Crippen LogP contribution in [0.15, 0.2) is 35.4 Å². The molecule has 1 aromatic carbocycles. The Kier molecular flexibility index (Phi) is 9.84. The summed E-state index contributed by atoms with van der Waals surface area (Å²) in [5.41, 5.74) is 3.77. The monoisotopic (exact) mass is 512 g/mol. The first-order valence-corrected chi connectivity index (χ1v) is 14.6. The van der Waals surface area contributed by atoms with Crippen LogP contribution in [0.3, 0.4) is 0 Å². The van der Waals surface area contributed by atoms with Crippen LogP contribution in [0, 0.1) is 11.8 Å². The Morgan fingerprint density at radius 3 is 2.31 bits per heavy atom. The highest BCUT2D eigenvalue weighted by Gasteiger charge is 2.36. The molecular formula is C28H40N4O3S. The summed E-state index contributed by atoms with van der Waals surface area (Å²) in [6, 6.07) is 9.82. The molecule has 2 amide bonds. The molecule has 4 rings (SSSR count). The lowest BCUT2D eigenvalue weighted by Crippen LogP contribution is -2.52. The minimum atomic E-state index is -0.763. The van der Waals surface area contributed by atoms with Crippen LogP contribution in [-0.2, 0) is 20.8 Å². The summed E-state index contributed by atoms with van der Waals surface area (Å²) in [6.07, 6.45) is 12.0. The van der Waals surface area contributed by atoms with Gasteiger partial charge >= 0.3 is 5.91 Å². The fraction of sp³-hybridized carbons (Fsp3) is 0.643. The van der Waals surface area contributed by atoms with E-state index >= 15 is 0 Å². The van der Waals surface area contributed by atoms with Gasteiger partial charge in [0.25, 0.3) is 0 Å². The Hall–Kier alpha value is -2.35. The van der Waals surface area contributed by atoms with Crippen molar-refractivity contribution in [1.29, 1.82) is 0 Å². The number of hydrogen-bond donors (Lipinski definition) is 2. The lowest BCUT2D eigenvalue weighted by molar-refractivity contribution is -0.141. The Morgan fingerprint density at radius 2 is 1.61 bits per heavy atom. The molecule has 1 saturated heterocycles. The van der Waals surface area contributed by atoms with Gasteiger partial charge < -0.3 is 10.2 Å². The third-order valence-corrected chi connectivity index (χ3v) is 9.16. The number of rotatable bonds is 8. The fourth-order valence-electron chi connectivity index (χ4n) is 5.71. The zero-order chi connectivity index (χ0) is 25.3. The second-order valence-electron chi connectivity index (χ2n) is 10.5. The highest BCUT2D eigenvalue weighted by molar-refractivity contribution is 8.14. The largest absolute Gasteiger partial charge is 0.349 e. The molecule has 1 aliphatic heterocycles. The van der Waals surface area contributed by atoms with E-state index in [0.29, 0.717) is 5.17 Å². The molecule has 1 heterocycles. The number of hydrogen-bond acceptors (Lipinski definition) is 5. The zero-order valence-electron chi connectivity index (χ0n) is 21.4. The van der Waals surface area contributed by atoms with Gasteiger partial charge in [0.15, 0.2) is 5.17 Å². The molecule has 1 aromatic rings. The first-order valence-electron chi connectivity index (χ1n) is 13.6. The maximum Gasteiger partial charge on any atom is 0.309 e. The zero-order valence-corrected chi connectivity index (χ0v) is 22.2. The number of likely N-dealkylation sites (N-methyl/N-ethyl adjacent to an activating group) is 1. The Balaban J connectivity index is 1.37. The SMILES string of the molecule is CN1C(=NNC(=O)C(=O)[C@H](NC(=O)C2CCCCCC2)C2CCCCC2)SC[C@H]1Cc1ccccc1. The van der Waals surface area contributed by atoms with Crippen LogP contribution >= 0.6 is 11.8 Å². The van der Waals surface area contributed by atoms with E-state index in [2.05, 4.69) is 32.9 Å². The van der Waals surface area contributed by atoms with Crippen molar-refractivity contribution in [2.24, 2.45) is 16.9 Å². The molecule has 196 valence electrons. The predicted octanol–water partition coefficient (Wildman–Crippen LogP) is 4.27. The average Bonchev–Trinajstić information content (AvgIpc) is 3.09. The molecule has 7 nitrogen and oxygen atoms in total. The van der Waals surface area contributed by atoms with Gasteiger partial charge in [-0.25, -0.2) is 5.43 Å². The normalized spacial score (nSPS) is 23.8. The van der Waals surface area contributed by atoms with Gasteiger partial charge in [0, 0.05) is 24.8 Å². The molecule has 2 saturated carbocycles. The predicted molar refractivity (Wildman–Crippen MR) is 144 cm³/mol. The number of Topliss-reactive ketones (excluding diaryl/α,β-unsaturated/α-hetero) is 1. The quantitative estimate of drug-likeness (QED) is 0.308. The summed E-state index contributed by atoms with van der Waals surface area (Å²) in [7, 11) is 1.97. The molecular weight excluding hydrogens is 472 g/mol. The molecule has 3 aliphatic rings. The van der Waals surface area contributed by atoms with E-state index < -0.39 is 17.7 Å². The van der Waals surface area contributed by atoms with Gasteiger partial charge in [-0.05, 0) is 43.6 Å². The van der Waals surface area contributed by atoms with Gasteiger partial charge in [0.05, 0.1) is 0 Å². The van der Waals surface area contributed by atoms with Crippen molar-refractivity contribution in [1.82, 2.24) is 15.6 Å². The van der Waals surface area contributed by atoms with Crippen LogP contribution < -0.4 is 10.7 Å². The second-order valence-corrected chi connectivity index (χ2v) is 11.5. The highest BCUT2D eigenvalue weighted by atomic mass is 32.2. The highest BCUT2D eigenvalue weighted by Crippen LogP contribution is 2.29. The first-order chi connectivity index (χ1) is 17.5. The number of amides is 2. The standard InChI is InChI=1S/C28H40N4O3S/c1-32-23(18-20-12-6-4-7-13-20)19-36-28(32)31-30-27(35)25(33)24(21-14-10-5-11-15-21)29-26(34)22-16-8-2-3-9-17-22/h4,6-7,12-13,21-24H,2-3,5,8-11,14-19H2,1H3,(H,29,34)(H,30,35)/t23-,24-/m1/s1. The summed E-state index contributed by atoms with van der Waals surface area (Å²) in [6.45, 7) is 0. The van der Waals surface area contributed by atoms with Gasteiger partial charge in [-0.1, -0.05) is 87.0 Å². The molecule has 8 heteroatoms. The van der Waals surface area contributed by atoms with Gasteiger partial charge in [0.2, 0.25) is 11.7 Å². The van der Waals surface area contributed by atoms with Crippen LogP contribution in [0.5, 0.6) is 0 Å². The van der Waals surface area contributed by atoms with E-state index in [0.717, 1.165) is 82.8 Å². The molecule has 0 unspecified atom stereocenters. The molecule has 0 radical (unpaired) electrons. The molecule has 36 heavy (non-hydrogen) atoms. The number of hydrazone groups is 1. The van der Waals surface area contributed by atoms with Crippen molar-refractivity contribution >= 4 is 34.5 Å². The van der Waals surface area contributed by atoms with Crippen LogP contribution in [0.25, 0.3) is 0 Å². The summed E-state index contributed by atoms with van der Waals surface area (Å²) in [4.78, 5) is 41.4. The van der Waals surface area contributed by atoms with Gasteiger partial charge in [-0.15, -0.1) is 5.10 Å². The molecule has 3 fully saturated rings. The molecule has 0 spiro atoms. The summed E-state index contributed by atoms with van der Waals surface area (Å²) in [5.74, 6) is -0.539. The molecule has 2 atom stereocenters. The van der Waals surface area contributed by atoms with Crippen molar-refractivity contribution in [2.75, 3.05) is 12.8 Å². The summed E-state index contributed by atoms with van der Waals surface area (Å²) >= 11 is 1.58. The molecule has 0 bridgehead atoms.